The molecule has 18 heavy (non-hydrogen) atoms. The molecular formula is C12H14BrF2NO2. The quantitative estimate of drug-likeness (QED) is 0.817. The summed E-state index contributed by atoms with van der Waals surface area (Å²) in [6.07, 6.45) is 0.791. The number of hydrogen-bond acceptors (Lipinski definition) is 2. The highest BCUT2D eigenvalue weighted by Gasteiger charge is 2.11. The van der Waals surface area contributed by atoms with Crippen LogP contribution in [0, 0.1) is 0 Å². The summed E-state index contributed by atoms with van der Waals surface area (Å²) in [7, 11) is 0. The highest BCUT2D eigenvalue weighted by atomic mass is 79.9. The number of nitrogens with one attached hydrogen (secondary N) is 1. The summed E-state index contributed by atoms with van der Waals surface area (Å²) < 4.78 is 28.3. The van der Waals surface area contributed by atoms with Gasteiger partial charge in [-0.05, 0) is 31.5 Å². The number of halogens is 3. The average molecular weight is 322 g/mol. The topological polar surface area (TPSA) is 38.3 Å². The summed E-state index contributed by atoms with van der Waals surface area (Å²) in [4.78, 5) is 11.8. The molecule has 3 nitrogen and oxygen atoms in total. The highest BCUT2D eigenvalue weighted by Crippen LogP contribution is 2.16. The summed E-state index contributed by atoms with van der Waals surface area (Å²) in [5.74, 6) is -0.325. The maximum atomic E-state index is 12.0. The zero-order chi connectivity index (χ0) is 13.5. The second-order valence-corrected chi connectivity index (χ2v) is 4.55. The Balaban J connectivity index is 2.68. The van der Waals surface area contributed by atoms with Gasteiger partial charge in [0, 0.05) is 16.9 Å². The second-order valence-electron chi connectivity index (χ2n) is 3.76. The summed E-state index contributed by atoms with van der Waals surface area (Å²) >= 11 is 3.28. The third kappa shape index (κ3) is 5.00. The van der Waals surface area contributed by atoms with Crippen LogP contribution in [0.5, 0.6) is 5.75 Å². The lowest BCUT2D eigenvalue weighted by Gasteiger charge is -2.13. The Labute approximate surface area is 113 Å². The first kappa shape index (κ1) is 14.9. The van der Waals surface area contributed by atoms with Crippen molar-refractivity contribution in [2.24, 2.45) is 0 Å². The molecule has 0 saturated carbocycles. The number of alkyl halides is 3. The summed E-state index contributed by atoms with van der Waals surface area (Å²) in [5, 5.41) is 3.55. The predicted molar refractivity (Wildman–Crippen MR) is 68.4 cm³/mol. The van der Waals surface area contributed by atoms with Gasteiger partial charge >= 0.3 is 6.61 Å². The maximum absolute atomic E-state index is 12.0. The molecule has 0 saturated heterocycles. The van der Waals surface area contributed by atoms with E-state index in [-0.39, 0.29) is 17.7 Å². The van der Waals surface area contributed by atoms with Gasteiger partial charge in [-0.3, -0.25) is 4.79 Å². The molecule has 0 aliphatic heterocycles. The fourth-order valence-corrected chi connectivity index (χ4v) is 2.04. The lowest BCUT2D eigenvalue weighted by Crippen LogP contribution is -2.32. The SMILES string of the molecule is CC(CCBr)NC(=O)c1cccc(OC(F)F)c1. The van der Waals surface area contributed by atoms with Crippen LogP contribution in [0.25, 0.3) is 0 Å². The second kappa shape index (κ2) is 7.31. The number of carbonyl (C=O) groups excluding carboxylic acids is 1. The van der Waals surface area contributed by atoms with Crippen molar-refractivity contribution in [3.8, 4) is 5.75 Å². The van der Waals surface area contributed by atoms with Crippen LogP contribution in [0.2, 0.25) is 0 Å². The normalized spacial score (nSPS) is 12.3. The number of ether oxygens (including phenoxy) is 1. The minimum atomic E-state index is -2.89. The van der Waals surface area contributed by atoms with Crippen LogP contribution in [0.15, 0.2) is 24.3 Å². The molecule has 1 unspecified atom stereocenters. The van der Waals surface area contributed by atoms with Gasteiger partial charge in [0.05, 0.1) is 0 Å². The van der Waals surface area contributed by atoms with Gasteiger partial charge < -0.3 is 10.1 Å². The van der Waals surface area contributed by atoms with Gasteiger partial charge in [0.2, 0.25) is 0 Å². The Kier molecular flexibility index (Phi) is 6.04. The van der Waals surface area contributed by atoms with Crippen molar-refractivity contribution < 1.29 is 18.3 Å². The van der Waals surface area contributed by atoms with Crippen molar-refractivity contribution in [3.05, 3.63) is 29.8 Å². The first-order valence-corrected chi connectivity index (χ1v) is 6.56. The van der Waals surface area contributed by atoms with Crippen LogP contribution in [0.1, 0.15) is 23.7 Å². The van der Waals surface area contributed by atoms with Crippen LogP contribution < -0.4 is 10.1 Å². The van der Waals surface area contributed by atoms with Gasteiger partial charge in [-0.2, -0.15) is 8.78 Å². The summed E-state index contributed by atoms with van der Waals surface area (Å²) in [6.45, 7) is -1.02. The van der Waals surface area contributed by atoms with E-state index in [9.17, 15) is 13.6 Å². The third-order valence-corrected chi connectivity index (χ3v) is 2.70. The Morgan fingerprint density at radius 2 is 2.22 bits per heavy atom. The molecule has 0 heterocycles. The maximum Gasteiger partial charge on any atom is 0.387 e. The van der Waals surface area contributed by atoms with Crippen molar-refractivity contribution in [1.82, 2.24) is 5.32 Å². The molecule has 0 aromatic heterocycles. The fourth-order valence-electron chi connectivity index (χ4n) is 1.36. The van der Waals surface area contributed by atoms with Crippen molar-refractivity contribution >= 4 is 21.8 Å². The van der Waals surface area contributed by atoms with Crippen LogP contribution in [0.4, 0.5) is 8.78 Å². The van der Waals surface area contributed by atoms with E-state index in [1.54, 1.807) is 6.07 Å². The van der Waals surface area contributed by atoms with E-state index in [0.717, 1.165) is 11.8 Å². The molecule has 1 amide bonds. The van der Waals surface area contributed by atoms with Crippen molar-refractivity contribution in [2.75, 3.05) is 5.33 Å². The molecule has 1 aromatic carbocycles. The van der Waals surface area contributed by atoms with Gasteiger partial charge in [0.15, 0.2) is 0 Å². The van der Waals surface area contributed by atoms with Gasteiger partial charge in [-0.15, -0.1) is 0 Å². The van der Waals surface area contributed by atoms with E-state index in [4.69, 9.17) is 0 Å². The number of carbonyl (C=O) groups is 1. The number of rotatable bonds is 6. The third-order valence-electron chi connectivity index (χ3n) is 2.24. The first-order valence-electron chi connectivity index (χ1n) is 5.44. The van der Waals surface area contributed by atoms with Crippen LogP contribution in [-0.4, -0.2) is 23.9 Å². The molecule has 0 fully saturated rings. The Morgan fingerprint density at radius 3 is 2.83 bits per heavy atom. The summed E-state index contributed by atoms with van der Waals surface area (Å²) in [6, 6.07) is 5.74. The van der Waals surface area contributed by atoms with Gasteiger partial charge in [-0.25, -0.2) is 0 Å². The molecule has 0 radical (unpaired) electrons. The van der Waals surface area contributed by atoms with Crippen molar-refractivity contribution in [1.29, 1.82) is 0 Å². The number of hydrogen-bond donors (Lipinski definition) is 1. The zero-order valence-corrected chi connectivity index (χ0v) is 11.4. The van der Waals surface area contributed by atoms with Crippen molar-refractivity contribution in [3.63, 3.8) is 0 Å². The van der Waals surface area contributed by atoms with Crippen molar-refractivity contribution in [2.45, 2.75) is 26.0 Å². The largest absolute Gasteiger partial charge is 0.435 e. The van der Waals surface area contributed by atoms with E-state index in [2.05, 4.69) is 26.0 Å². The molecule has 1 atom stereocenters. The van der Waals surface area contributed by atoms with E-state index in [1.165, 1.54) is 18.2 Å². The molecule has 100 valence electrons. The van der Waals surface area contributed by atoms with Crippen LogP contribution >= 0.6 is 15.9 Å². The fraction of sp³-hybridized carbons (Fsp3) is 0.417. The first-order chi connectivity index (χ1) is 8.52. The van der Waals surface area contributed by atoms with Gasteiger partial charge in [0.1, 0.15) is 5.75 Å². The standard InChI is InChI=1S/C12H14BrF2NO2/c1-8(5-6-13)16-11(17)9-3-2-4-10(7-9)18-12(14)15/h2-4,7-8,12H,5-6H2,1H3,(H,16,17). The molecule has 1 rings (SSSR count). The van der Waals surface area contributed by atoms with E-state index >= 15 is 0 Å². The predicted octanol–water partition coefficient (Wildman–Crippen LogP) is 3.19. The smallest absolute Gasteiger partial charge is 0.387 e. The highest BCUT2D eigenvalue weighted by molar-refractivity contribution is 9.09. The molecule has 0 aliphatic carbocycles. The molecule has 0 bridgehead atoms. The number of benzene rings is 1. The van der Waals surface area contributed by atoms with E-state index in [1.807, 2.05) is 6.92 Å². The lowest BCUT2D eigenvalue weighted by atomic mass is 10.2. The van der Waals surface area contributed by atoms with Gasteiger partial charge in [-0.1, -0.05) is 22.0 Å². The molecule has 0 aliphatic rings. The minimum Gasteiger partial charge on any atom is -0.435 e. The van der Waals surface area contributed by atoms with Gasteiger partial charge in [0.25, 0.3) is 5.91 Å². The molecule has 6 heteroatoms. The lowest BCUT2D eigenvalue weighted by molar-refractivity contribution is -0.0498. The molecule has 1 aromatic rings. The van der Waals surface area contributed by atoms with E-state index < -0.39 is 6.61 Å². The molecule has 0 spiro atoms. The Hall–Kier alpha value is -1.17. The van der Waals surface area contributed by atoms with Crippen LogP contribution in [-0.2, 0) is 0 Å². The Bertz CT molecular complexity index is 401. The summed E-state index contributed by atoms with van der Waals surface area (Å²) in [5.41, 5.74) is 0.301. The minimum absolute atomic E-state index is 0.0107. The van der Waals surface area contributed by atoms with E-state index in [0.29, 0.717) is 5.56 Å². The van der Waals surface area contributed by atoms with Crippen LogP contribution in [0.3, 0.4) is 0 Å². The average Bonchev–Trinajstić information content (AvgIpc) is 2.28. The molecular weight excluding hydrogens is 308 g/mol. The zero-order valence-electron chi connectivity index (χ0n) is 9.83. The Morgan fingerprint density at radius 1 is 1.50 bits per heavy atom. The molecule has 1 N–H and O–H groups in total. The monoisotopic (exact) mass is 321 g/mol. The number of amides is 1.